The van der Waals surface area contributed by atoms with Crippen LogP contribution < -0.4 is 0 Å². The van der Waals surface area contributed by atoms with Crippen LogP contribution in [0.1, 0.15) is 33.6 Å². The summed E-state index contributed by atoms with van der Waals surface area (Å²) in [5.74, 6) is 0. The van der Waals surface area contributed by atoms with Gasteiger partial charge < -0.3 is 9.05 Å². The lowest BCUT2D eigenvalue weighted by molar-refractivity contribution is 0.276. The van der Waals surface area contributed by atoms with Crippen molar-refractivity contribution in [2.75, 3.05) is 13.2 Å². The predicted molar refractivity (Wildman–Crippen MR) is 47.8 cm³/mol. The molecule has 3 heteroatoms. The van der Waals surface area contributed by atoms with Crippen molar-refractivity contribution in [3.63, 3.8) is 0 Å². The molecule has 66 valence electrons. The fraction of sp³-hybridized carbons (Fsp3) is 1.00. The smallest absolute Gasteiger partial charge is 0.176 e. The minimum absolute atomic E-state index is 0.180. The molecule has 0 aromatic rings. The van der Waals surface area contributed by atoms with E-state index in [1.54, 1.807) is 0 Å². The average Bonchev–Trinajstić information content (AvgIpc) is 2.10. The van der Waals surface area contributed by atoms with Crippen LogP contribution in [0.4, 0.5) is 0 Å². The molecule has 0 atom stereocenters. The summed E-state index contributed by atoms with van der Waals surface area (Å²) in [4.78, 5) is 0. The Hall–Kier alpha value is 0.350. The summed E-state index contributed by atoms with van der Waals surface area (Å²) in [6, 6.07) is 0. The molecule has 0 N–H and O–H groups in total. The van der Waals surface area contributed by atoms with E-state index >= 15 is 0 Å². The van der Waals surface area contributed by atoms with Gasteiger partial charge >= 0.3 is 0 Å². The van der Waals surface area contributed by atoms with E-state index in [9.17, 15) is 0 Å². The minimum atomic E-state index is -0.639. The molecule has 0 saturated carbocycles. The van der Waals surface area contributed by atoms with Gasteiger partial charge in [0.2, 0.25) is 0 Å². The predicted octanol–water partition coefficient (Wildman–Crippen LogP) is 2.92. The fourth-order valence-corrected chi connectivity index (χ4v) is 2.36. The lowest BCUT2D eigenvalue weighted by Crippen LogP contribution is -2.14. The molecule has 0 aliphatic carbocycles. The molecule has 0 amide bonds. The summed E-state index contributed by atoms with van der Waals surface area (Å²) < 4.78 is 11.2. The van der Waals surface area contributed by atoms with Crippen molar-refractivity contribution in [3.8, 4) is 0 Å². The first kappa shape index (κ1) is 9.44. The third kappa shape index (κ3) is 3.06. The summed E-state index contributed by atoms with van der Waals surface area (Å²) >= 11 is 0. The molecular formula is C8H17O2P. The molecule has 0 bridgehead atoms. The zero-order valence-electron chi connectivity index (χ0n) is 7.59. The highest BCUT2D eigenvalue weighted by molar-refractivity contribution is 7.49. The van der Waals surface area contributed by atoms with E-state index in [0.717, 1.165) is 26.1 Å². The van der Waals surface area contributed by atoms with Crippen LogP contribution in [-0.2, 0) is 9.05 Å². The van der Waals surface area contributed by atoms with Crippen LogP contribution in [0.5, 0.6) is 0 Å². The topological polar surface area (TPSA) is 18.5 Å². The second-order valence-electron chi connectivity index (χ2n) is 3.80. The van der Waals surface area contributed by atoms with E-state index in [-0.39, 0.29) is 5.16 Å². The van der Waals surface area contributed by atoms with Crippen molar-refractivity contribution in [1.82, 2.24) is 0 Å². The maximum absolute atomic E-state index is 5.61. The van der Waals surface area contributed by atoms with E-state index in [0.29, 0.717) is 0 Å². The van der Waals surface area contributed by atoms with Gasteiger partial charge in [0, 0.05) is 5.16 Å². The first-order chi connectivity index (χ1) is 5.11. The summed E-state index contributed by atoms with van der Waals surface area (Å²) in [5, 5.41) is 0.180. The highest BCUT2D eigenvalue weighted by Gasteiger charge is 2.28. The van der Waals surface area contributed by atoms with Crippen molar-refractivity contribution >= 4 is 8.38 Å². The second-order valence-corrected chi connectivity index (χ2v) is 6.17. The molecule has 1 saturated heterocycles. The monoisotopic (exact) mass is 176 g/mol. The number of hydrogen-bond donors (Lipinski definition) is 0. The van der Waals surface area contributed by atoms with E-state index in [1.807, 2.05) is 0 Å². The van der Waals surface area contributed by atoms with Gasteiger partial charge in [-0.2, -0.15) is 0 Å². The quantitative estimate of drug-likeness (QED) is 0.528. The van der Waals surface area contributed by atoms with Gasteiger partial charge in [0.1, 0.15) is 0 Å². The summed E-state index contributed by atoms with van der Waals surface area (Å²) in [5.41, 5.74) is 0. The van der Waals surface area contributed by atoms with Crippen LogP contribution in [0.2, 0.25) is 0 Å². The van der Waals surface area contributed by atoms with Crippen LogP contribution in [0.15, 0.2) is 0 Å². The van der Waals surface area contributed by atoms with Crippen LogP contribution >= 0.6 is 8.38 Å². The molecular weight excluding hydrogens is 159 g/mol. The van der Waals surface area contributed by atoms with Crippen LogP contribution in [0.3, 0.4) is 0 Å². The summed E-state index contributed by atoms with van der Waals surface area (Å²) in [7, 11) is -0.639. The van der Waals surface area contributed by atoms with Gasteiger partial charge in [-0.25, -0.2) is 0 Å². The molecule has 0 spiro atoms. The molecule has 1 heterocycles. The average molecular weight is 176 g/mol. The zero-order valence-corrected chi connectivity index (χ0v) is 8.49. The van der Waals surface area contributed by atoms with Crippen LogP contribution in [-0.4, -0.2) is 18.4 Å². The second kappa shape index (κ2) is 3.84. The fourth-order valence-electron chi connectivity index (χ4n) is 0.924. The van der Waals surface area contributed by atoms with Crippen molar-refractivity contribution in [2.45, 2.75) is 38.8 Å². The minimum Gasteiger partial charge on any atom is -0.334 e. The molecule has 1 rings (SSSR count). The van der Waals surface area contributed by atoms with Crippen molar-refractivity contribution in [1.29, 1.82) is 0 Å². The van der Waals surface area contributed by atoms with Gasteiger partial charge in [0.25, 0.3) is 0 Å². The zero-order chi connectivity index (χ0) is 8.32. The lowest BCUT2D eigenvalue weighted by atomic mass is 10.3. The van der Waals surface area contributed by atoms with Gasteiger partial charge in [0.15, 0.2) is 8.38 Å². The summed E-state index contributed by atoms with van der Waals surface area (Å²) in [6.07, 6.45) is 2.30. The SMILES string of the molecule is CC(C)(C)P1OCCCCO1. The van der Waals surface area contributed by atoms with Crippen molar-refractivity contribution in [2.24, 2.45) is 0 Å². The molecule has 0 aromatic heterocycles. The Morgan fingerprint density at radius 3 is 1.82 bits per heavy atom. The molecule has 2 nitrogen and oxygen atoms in total. The van der Waals surface area contributed by atoms with Crippen molar-refractivity contribution in [3.05, 3.63) is 0 Å². The Labute approximate surface area is 70.2 Å². The normalized spacial score (nSPS) is 23.2. The third-order valence-electron chi connectivity index (χ3n) is 1.50. The molecule has 1 aliphatic rings. The molecule has 1 aliphatic heterocycles. The van der Waals surface area contributed by atoms with E-state index in [4.69, 9.17) is 9.05 Å². The van der Waals surface area contributed by atoms with Crippen molar-refractivity contribution < 1.29 is 9.05 Å². The van der Waals surface area contributed by atoms with E-state index in [2.05, 4.69) is 20.8 Å². The molecule has 11 heavy (non-hydrogen) atoms. The molecule has 0 unspecified atom stereocenters. The van der Waals surface area contributed by atoms with Gasteiger partial charge in [-0.3, -0.25) is 0 Å². The van der Waals surface area contributed by atoms with Crippen LogP contribution in [0.25, 0.3) is 0 Å². The Kier molecular flexibility index (Phi) is 3.29. The van der Waals surface area contributed by atoms with Gasteiger partial charge in [-0.1, -0.05) is 20.8 Å². The first-order valence-electron chi connectivity index (χ1n) is 4.17. The van der Waals surface area contributed by atoms with E-state index < -0.39 is 8.38 Å². The van der Waals surface area contributed by atoms with E-state index in [1.165, 1.54) is 0 Å². The van der Waals surface area contributed by atoms with Crippen LogP contribution in [0, 0.1) is 0 Å². The third-order valence-corrected chi connectivity index (χ3v) is 3.43. The standard InChI is InChI=1S/C8H17O2P/c1-8(2,3)11-9-6-4-5-7-10-11/h4-7H2,1-3H3. The van der Waals surface area contributed by atoms with Gasteiger partial charge in [-0.05, 0) is 12.8 Å². The van der Waals surface area contributed by atoms with Gasteiger partial charge in [0.05, 0.1) is 13.2 Å². The lowest BCUT2D eigenvalue weighted by Gasteiger charge is -2.27. The number of hydrogen-bond acceptors (Lipinski definition) is 2. The number of rotatable bonds is 0. The Bertz CT molecular complexity index is 112. The maximum atomic E-state index is 5.61. The highest BCUT2D eigenvalue weighted by atomic mass is 31.2. The Morgan fingerprint density at radius 2 is 1.45 bits per heavy atom. The molecule has 0 aromatic carbocycles. The Balaban J connectivity index is 2.43. The Morgan fingerprint density at radius 1 is 1.00 bits per heavy atom. The highest BCUT2D eigenvalue weighted by Crippen LogP contribution is 2.52. The largest absolute Gasteiger partial charge is 0.334 e. The summed E-state index contributed by atoms with van der Waals surface area (Å²) in [6.45, 7) is 8.27. The molecule has 1 fully saturated rings. The maximum Gasteiger partial charge on any atom is 0.176 e. The van der Waals surface area contributed by atoms with Gasteiger partial charge in [-0.15, -0.1) is 0 Å². The first-order valence-corrected chi connectivity index (χ1v) is 5.34. The molecule has 0 radical (unpaired) electrons.